The van der Waals surface area contributed by atoms with Crippen molar-refractivity contribution >= 4 is 84.4 Å². The molecule has 0 N–H and O–H groups in total. The van der Waals surface area contributed by atoms with Gasteiger partial charge in [-0.2, -0.15) is 0 Å². The molecule has 2 aromatic heterocycles. The highest BCUT2D eigenvalue weighted by molar-refractivity contribution is 7.00. The quantitative estimate of drug-likeness (QED) is 0.164. The van der Waals surface area contributed by atoms with E-state index >= 15 is 0 Å². The van der Waals surface area contributed by atoms with Crippen LogP contribution >= 0.6 is 0 Å². The fourth-order valence-electron chi connectivity index (χ4n) is 13.2. The fraction of sp³-hybridized carbons (Fsp3) is 0.304. The minimum atomic E-state index is -0.241. The zero-order chi connectivity index (χ0) is 51.8. The third-order valence-corrected chi connectivity index (χ3v) is 17.3. The monoisotopic (exact) mass is 968 g/mol. The minimum Gasteiger partial charge on any atom is -0.456 e. The molecule has 0 fully saturated rings. The van der Waals surface area contributed by atoms with Gasteiger partial charge in [0.2, 0.25) is 0 Å². The maximum Gasteiger partial charge on any atom is 0.252 e. The topological polar surface area (TPSA) is 24.6 Å². The van der Waals surface area contributed by atoms with Gasteiger partial charge in [-0.3, -0.25) is 0 Å². The number of benzene rings is 7. The molecule has 5 heteroatoms. The Hall–Kier alpha value is -6.98. The van der Waals surface area contributed by atoms with Crippen LogP contribution in [0.1, 0.15) is 131 Å². The lowest BCUT2D eigenvalue weighted by atomic mass is 9.33. The molecule has 0 bridgehead atoms. The molecule has 0 saturated heterocycles. The Kier molecular flexibility index (Phi) is 9.83. The summed E-state index contributed by atoms with van der Waals surface area (Å²) in [4.78, 5) is 5.24. The van der Waals surface area contributed by atoms with E-state index in [0.717, 1.165) is 34.0 Å². The average Bonchev–Trinajstić information content (AvgIpc) is 4.06. The molecule has 2 aliphatic carbocycles. The summed E-state index contributed by atoms with van der Waals surface area (Å²) in [5, 5.41) is 3.61. The average molecular weight is 968 g/mol. The van der Waals surface area contributed by atoms with Gasteiger partial charge in [0, 0.05) is 61.4 Å². The highest BCUT2D eigenvalue weighted by Crippen LogP contribution is 2.56. The normalized spacial score (nSPS) is 16.7. The summed E-state index contributed by atoms with van der Waals surface area (Å²) >= 11 is 0. The first-order valence-corrected chi connectivity index (χ1v) is 27.1. The molecule has 7 aromatic carbocycles. The van der Waals surface area contributed by atoms with Crippen molar-refractivity contribution in [2.24, 2.45) is 5.41 Å². The Bertz CT molecular complexity index is 3900. The second-order valence-corrected chi connectivity index (χ2v) is 26.6. The minimum absolute atomic E-state index is 0.0355. The zero-order valence-electron chi connectivity index (χ0n) is 46.0. The number of aromatic nitrogens is 1. The predicted octanol–water partition coefficient (Wildman–Crippen LogP) is 16.8. The molecule has 2 aliphatic heterocycles. The molecule has 9 aromatic rings. The van der Waals surface area contributed by atoms with Crippen molar-refractivity contribution in [1.82, 2.24) is 4.57 Å². The molecular weight excluding hydrogens is 898 g/mol. The molecular formula is C69H70BN3O. The molecule has 0 saturated carbocycles. The van der Waals surface area contributed by atoms with Crippen molar-refractivity contribution in [3.63, 3.8) is 0 Å². The molecule has 4 heterocycles. The standard InChI is InChI=1S/C69H70BN3O/c1-65(2,3)41-26-30-45(31-27-41)71(46-32-28-42(29-33-46)66(4,5)6)47-34-35-52-55(40-47)72(54-23-19-25-59-61(54)49-21-16-18-24-58(49)74-59)56-38-44(68(10,11)12)39-57-62(56)70(52)53-37-43(67(7,8)9)36-50-60-48-20-15-17-22-51(48)69(13,14)64(60)73(57)63(50)53/h15-32,34-40,46H,33H2,1-14H3. The molecule has 1 unspecified atom stereocenters. The number of fused-ring (bicyclic) bond motifs is 12. The van der Waals surface area contributed by atoms with Crippen LogP contribution in [0.3, 0.4) is 0 Å². The van der Waals surface area contributed by atoms with Crippen LogP contribution < -0.4 is 26.2 Å². The Morgan fingerprint density at radius 1 is 0.568 bits per heavy atom. The molecule has 0 amide bonds. The number of furan rings is 1. The number of nitrogens with zero attached hydrogens (tertiary/aromatic N) is 3. The van der Waals surface area contributed by atoms with Crippen molar-refractivity contribution < 1.29 is 4.42 Å². The van der Waals surface area contributed by atoms with Gasteiger partial charge in [0.05, 0.1) is 17.1 Å². The maximum atomic E-state index is 6.75. The van der Waals surface area contributed by atoms with Gasteiger partial charge in [0.25, 0.3) is 6.71 Å². The lowest BCUT2D eigenvalue weighted by molar-refractivity contribution is 0.510. The predicted molar refractivity (Wildman–Crippen MR) is 317 cm³/mol. The van der Waals surface area contributed by atoms with E-state index in [0.29, 0.717) is 0 Å². The third-order valence-electron chi connectivity index (χ3n) is 17.3. The van der Waals surface area contributed by atoms with Gasteiger partial charge in [0.15, 0.2) is 0 Å². The first-order valence-electron chi connectivity index (χ1n) is 27.1. The van der Waals surface area contributed by atoms with E-state index in [-0.39, 0.29) is 39.8 Å². The van der Waals surface area contributed by atoms with E-state index in [1.807, 2.05) is 0 Å². The Labute approximate surface area is 439 Å². The molecule has 74 heavy (non-hydrogen) atoms. The summed E-state index contributed by atoms with van der Waals surface area (Å²) in [5.74, 6) is 0. The van der Waals surface area contributed by atoms with E-state index in [1.165, 1.54) is 100 Å². The Morgan fingerprint density at radius 2 is 1.23 bits per heavy atom. The van der Waals surface area contributed by atoms with E-state index < -0.39 is 0 Å². The summed E-state index contributed by atoms with van der Waals surface area (Å²) in [7, 11) is 0. The Balaban J connectivity index is 1.16. The summed E-state index contributed by atoms with van der Waals surface area (Å²) in [6.45, 7) is 33.0. The van der Waals surface area contributed by atoms with Crippen molar-refractivity contribution in [1.29, 1.82) is 0 Å². The molecule has 4 aliphatic rings. The second kappa shape index (κ2) is 15.5. The van der Waals surface area contributed by atoms with Gasteiger partial charge in [-0.05, 0) is 139 Å². The van der Waals surface area contributed by atoms with Crippen molar-refractivity contribution in [3.8, 4) is 16.8 Å². The summed E-state index contributed by atoms with van der Waals surface area (Å²) in [6, 6.07) is 51.7. The molecule has 13 rings (SSSR count). The van der Waals surface area contributed by atoms with Crippen molar-refractivity contribution in [3.05, 3.63) is 185 Å². The van der Waals surface area contributed by atoms with Gasteiger partial charge >= 0.3 is 0 Å². The molecule has 0 radical (unpaired) electrons. The largest absolute Gasteiger partial charge is 0.456 e. The summed E-state index contributed by atoms with van der Waals surface area (Å²) < 4.78 is 9.49. The van der Waals surface area contributed by atoms with E-state index in [4.69, 9.17) is 4.42 Å². The van der Waals surface area contributed by atoms with E-state index in [9.17, 15) is 0 Å². The number of hydrogen-bond donors (Lipinski definition) is 0. The fourth-order valence-corrected chi connectivity index (χ4v) is 13.2. The lowest BCUT2D eigenvalue weighted by Gasteiger charge is -2.43. The lowest BCUT2D eigenvalue weighted by Crippen LogP contribution is -2.61. The first-order chi connectivity index (χ1) is 35.0. The van der Waals surface area contributed by atoms with Crippen LogP contribution in [0.4, 0.5) is 28.4 Å². The molecule has 0 spiro atoms. The number of anilines is 5. The smallest absolute Gasteiger partial charge is 0.252 e. The Morgan fingerprint density at radius 3 is 1.93 bits per heavy atom. The van der Waals surface area contributed by atoms with Gasteiger partial charge < -0.3 is 18.8 Å². The molecule has 4 nitrogen and oxygen atoms in total. The molecule has 370 valence electrons. The summed E-state index contributed by atoms with van der Waals surface area (Å²) in [6.07, 6.45) is 8.22. The van der Waals surface area contributed by atoms with Gasteiger partial charge in [-0.15, -0.1) is 0 Å². The second-order valence-electron chi connectivity index (χ2n) is 26.6. The van der Waals surface area contributed by atoms with Crippen LogP contribution in [0.5, 0.6) is 0 Å². The van der Waals surface area contributed by atoms with Crippen LogP contribution in [-0.2, 0) is 21.7 Å². The van der Waals surface area contributed by atoms with Crippen molar-refractivity contribution in [2.75, 3.05) is 9.80 Å². The summed E-state index contributed by atoms with van der Waals surface area (Å²) in [5.41, 5.74) is 25.0. The zero-order valence-corrected chi connectivity index (χ0v) is 46.0. The van der Waals surface area contributed by atoms with Crippen LogP contribution in [0.25, 0.3) is 49.7 Å². The highest BCUT2D eigenvalue weighted by Gasteiger charge is 2.49. The van der Waals surface area contributed by atoms with Crippen LogP contribution in [0.15, 0.2) is 162 Å². The van der Waals surface area contributed by atoms with Gasteiger partial charge in [-0.1, -0.05) is 188 Å². The highest BCUT2D eigenvalue weighted by atomic mass is 16.3. The number of rotatable bonds is 4. The van der Waals surface area contributed by atoms with Crippen molar-refractivity contribution in [2.45, 2.75) is 131 Å². The number of hydrogen-bond acceptors (Lipinski definition) is 3. The number of para-hydroxylation sites is 1. The van der Waals surface area contributed by atoms with Crippen LogP contribution in [0.2, 0.25) is 0 Å². The first kappa shape index (κ1) is 46.8. The van der Waals surface area contributed by atoms with Gasteiger partial charge in [-0.25, -0.2) is 0 Å². The van der Waals surface area contributed by atoms with Crippen LogP contribution in [-0.4, -0.2) is 17.3 Å². The number of allylic oxidation sites excluding steroid dienone is 2. The maximum absolute atomic E-state index is 6.75. The van der Waals surface area contributed by atoms with E-state index in [1.54, 1.807) is 0 Å². The van der Waals surface area contributed by atoms with Gasteiger partial charge in [0.1, 0.15) is 11.2 Å². The van der Waals surface area contributed by atoms with E-state index in [2.05, 4.69) is 263 Å². The molecule has 1 atom stereocenters. The van der Waals surface area contributed by atoms with Crippen LogP contribution in [0, 0.1) is 5.41 Å². The third kappa shape index (κ3) is 6.80. The SMILES string of the molecule is CC(C)(C)C1=CCC(N(c2ccc(C(C)(C)C)cc2)c2ccc3c(c2)N(c2cccc4oc5ccccc5c24)c2cc(C(C)(C)C)cc4c2B3c2cc(C(C)(C)C)cc3c5c(n-4c23)C(C)(C)c2ccccc2-5)C=C1.